The summed E-state index contributed by atoms with van der Waals surface area (Å²) >= 11 is 1.65. The summed E-state index contributed by atoms with van der Waals surface area (Å²) in [6.45, 7) is 6.59. The number of hydrogen-bond acceptors (Lipinski definition) is 5. The fraction of sp³-hybridized carbons (Fsp3) is 0.357. The fourth-order valence-corrected chi connectivity index (χ4v) is 5.06. The molecule has 1 aromatic heterocycles. The third kappa shape index (κ3) is 8.11. The first-order chi connectivity index (χ1) is 18.0. The molecule has 2 heterocycles. The van der Waals surface area contributed by atoms with Crippen molar-refractivity contribution >= 4 is 29.0 Å². The predicted octanol–water partition coefficient (Wildman–Crippen LogP) is 4.59. The Hall–Kier alpha value is -3.27. The van der Waals surface area contributed by atoms with E-state index < -0.39 is 11.8 Å². The van der Waals surface area contributed by atoms with E-state index in [1.807, 2.05) is 49.4 Å². The summed E-state index contributed by atoms with van der Waals surface area (Å²) in [5.41, 5.74) is 1.10. The van der Waals surface area contributed by atoms with Gasteiger partial charge in [-0.25, -0.2) is 9.18 Å². The van der Waals surface area contributed by atoms with Gasteiger partial charge in [0.05, 0.1) is 25.4 Å². The molecule has 7 nitrogen and oxygen atoms in total. The number of carbonyl (C=O) groups is 2. The number of anilines is 1. The van der Waals surface area contributed by atoms with Crippen LogP contribution in [0.3, 0.4) is 0 Å². The third-order valence-corrected chi connectivity index (χ3v) is 7.22. The zero-order valence-electron chi connectivity index (χ0n) is 21.1. The average molecular weight is 525 g/mol. The van der Waals surface area contributed by atoms with Crippen LogP contribution in [0.1, 0.15) is 15.3 Å². The Kier molecular flexibility index (Phi) is 9.65. The number of para-hydroxylation sites is 1. The van der Waals surface area contributed by atoms with E-state index in [2.05, 4.69) is 10.2 Å². The number of morpholine rings is 1. The lowest BCUT2D eigenvalue weighted by atomic mass is 10.2. The average Bonchev–Trinajstić information content (AvgIpc) is 3.33. The van der Waals surface area contributed by atoms with Gasteiger partial charge in [-0.15, -0.1) is 11.3 Å². The molecule has 0 aliphatic carbocycles. The van der Waals surface area contributed by atoms with Gasteiger partial charge in [-0.3, -0.25) is 9.69 Å². The van der Waals surface area contributed by atoms with Gasteiger partial charge in [-0.1, -0.05) is 42.5 Å². The molecule has 37 heavy (non-hydrogen) atoms. The van der Waals surface area contributed by atoms with Crippen LogP contribution in [0.2, 0.25) is 0 Å². The number of urea groups is 1. The van der Waals surface area contributed by atoms with E-state index in [9.17, 15) is 14.0 Å². The third-order valence-electron chi connectivity index (χ3n) is 6.23. The Morgan fingerprint density at radius 3 is 2.41 bits per heavy atom. The first-order valence-electron chi connectivity index (χ1n) is 12.5. The summed E-state index contributed by atoms with van der Waals surface area (Å²) in [7, 11) is 0. The van der Waals surface area contributed by atoms with Crippen molar-refractivity contribution in [1.29, 1.82) is 0 Å². The topological polar surface area (TPSA) is 65.1 Å². The number of nitrogens with one attached hydrogen (secondary N) is 1. The molecule has 9 heteroatoms. The van der Waals surface area contributed by atoms with Crippen molar-refractivity contribution in [3.05, 3.63) is 87.9 Å². The lowest BCUT2D eigenvalue weighted by Gasteiger charge is -2.31. The van der Waals surface area contributed by atoms with Crippen LogP contribution >= 0.6 is 11.3 Å². The largest absolute Gasteiger partial charge is 0.379 e. The summed E-state index contributed by atoms with van der Waals surface area (Å²) in [4.78, 5) is 34.6. The minimum Gasteiger partial charge on any atom is -0.379 e. The van der Waals surface area contributed by atoms with E-state index in [-0.39, 0.29) is 18.1 Å². The molecule has 1 aliphatic rings. The minimum atomic E-state index is -0.519. The molecule has 4 rings (SSSR count). The number of thiophene rings is 1. The van der Waals surface area contributed by atoms with E-state index in [1.54, 1.807) is 28.4 Å². The number of nitrogens with zero attached hydrogens (tertiary/aromatic N) is 3. The molecule has 3 amide bonds. The predicted molar refractivity (Wildman–Crippen MR) is 144 cm³/mol. The molecule has 1 saturated heterocycles. The second-order valence-electron chi connectivity index (χ2n) is 9.03. The van der Waals surface area contributed by atoms with Crippen LogP contribution in [0, 0.1) is 12.7 Å². The Morgan fingerprint density at radius 1 is 0.973 bits per heavy atom. The van der Waals surface area contributed by atoms with Crippen LogP contribution in [-0.4, -0.2) is 72.6 Å². The number of aryl methyl sites for hydroxylation is 1. The van der Waals surface area contributed by atoms with Crippen LogP contribution in [-0.2, 0) is 22.6 Å². The van der Waals surface area contributed by atoms with Crippen LogP contribution in [0.15, 0.2) is 66.7 Å². The first kappa shape index (κ1) is 26.8. The highest BCUT2D eigenvalue weighted by molar-refractivity contribution is 7.11. The van der Waals surface area contributed by atoms with Crippen molar-refractivity contribution in [1.82, 2.24) is 14.7 Å². The Bertz CT molecular complexity index is 1170. The standard InChI is InChI=1S/C28H33FN4O3S/c1-22-11-12-24(37-22)20-33(19-23-7-3-2-4-8-23)27(34)21-32(14-13-31-15-17-36-18-16-31)28(35)30-26-10-6-5-9-25(26)29/h2-12H,13-21H2,1H3,(H,30,35). The quantitative estimate of drug-likeness (QED) is 0.421. The molecule has 0 spiro atoms. The maximum atomic E-state index is 14.2. The summed E-state index contributed by atoms with van der Waals surface area (Å²) in [6.07, 6.45) is 0. The first-order valence-corrected chi connectivity index (χ1v) is 13.3. The van der Waals surface area contributed by atoms with Gasteiger partial charge in [0.1, 0.15) is 12.4 Å². The van der Waals surface area contributed by atoms with Gasteiger partial charge in [0.25, 0.3) is 0 Å². The van der Waals surface area contributed by atoms with Crippen LogP contribution in [0.4, 0.5) is 14.9 Å². The smallest absolute Gasteiger partial charge is 0.322 e. The summed E-state index contributed by atoms with van der Waals surface area (Å²) in [5, 5.41) is 2.65. The van der Waals surface area contributed by atoms with E-state index >= 15 is 0 Å². The van der Waals surface area contributed by atoms with E-state index in [0.29, 0.717) is 39.4 Å². The zero-order chi connectivity index (χ0) is 26.0. The van der Waals surface area contributed by atoms with Crippen molar-refractivity contribution in [2.75, 3.05) is 51.3 Å². The van der Waals surface area contributed by atoms with Gasteiger partial charge in [-0.2, -0.15) is 0 Å². The maximum Gasteiger partial charge on any atom is 0.322 e. The maximum absolute atomic E-state index is 14.2. The van der Waals surface area contributed by atoms with E-state index in [0.717, 1.165) is 23.5 Å². The fourth-order valence-electron chi connectivity index (χ4n) is 4.15. The number of halogens is 1. The van der Waals surface area contributed by atoms with Crippen molar-refractivity contribution < 1.29 is 18.7 Å². The molecular formula is C28H33FN4O3S. The molecule has 1 fully saturated rings. The molecule has 1 N–H and O–H groups in total. The Balaban J connectivity index is 1.50. The Labute approximate surface area is 221 Å². The van der Waals surface area contributed by atoms with Gasteiger partial charge >= 0.3 is 6.03 Å². The van der Waals surface area contributed by atoms with Crippen molar-refractivity contribution in [2.45, 2.75) is 20.0 Å². The molecule has 0 unspecified atom stereocenters. The number of rotatable bonds is 10. The molecule has 1 aliphatic heterocycles. The van der Waals surface area contributed by atoms with Gasteiger partial charge in [0.2, 0.25) is 5.91 Å². The highest BCUT2D eigenvalue weighted by Crippen LogP contribution is 2.19. The van der Waals surface area contributed by atoms with Crippen LogP contribution < -0.4 is 5.32 Å². The minimum absolute atomic E-state index is 0.0894. The summed E-state index contributed by atoms with van der Waals surface area (Å²) < 4.78 is 19.7. The van der Waals surface area contributed by atoms with Gasteiger partial charge < -0.3 is 19.9 Å². The van der Waals surface area contributed by atoms with Gasteiger partial charge in [0, 0.05) is 42.5 Å². The summed E-state index contributed by atoms with van der Waals surface area (Å²) in [5.74, 6) is -0.686. The molecule has 0 radical (unpaired) electrons. The molecule has 196 valence electrons. The van der Waals surface area contributed by atoms with E-state index in [4.69, 9.17) is 4.74 Å². The SMILES string of the molecule is Cc1ccc(CN(Cc2ccccc2)C(=O)CN(CCN2CCOCC2)C(=O)Nc2ccccc2F)s1. The van der Waals surface area contributed by atoms with Gasteiger partial charge in [0.15, 0.2) is 0 Å². The molecule has 3 aromatic rings. The number of amides is 3. The highest BCUT2D eigenvalue weighted by Gasteiger charge is 2.24. The molecule has 0 bridgehead atoms. The lowest BCUT2D eigenvalue weighted by molar-refractivity contribution is -0.133. The number of benzene rings is 2. The second kappa shape index (κ2) is 13.3. The van der Waals surface area contributed by atoms with Crippen LogP contribution in [0.5, 0.6) is 0 Å². The normalized spacial score (nSPS) is 13.8. The van der Waals surface area contributed by atoms with Crippen molar-refractivity contribution in [2.24, 2.45) is 0 Å². The molecule has 0 saturated carbocycles. The molecule has 2 aromatic carbocycles. The summed E-state index contributed by atoms with van der Waals surface area (Å²) in [6, 6.07) is 19.4. The number of ether oxygens (including phenoxy) is 1. The monoisotopic (exact) mass is 524 g/mol. The van der Waals surface area contributed by atoms with E-state index in [1.165, 1.54) is 21.9 Å². The number of carbonyl (C=O) groups excluding carboxylic acids is 2. The Morgan fingerprint density at radius 2 is 1.70 bits per heavy atom. The molecular weight excluding hydrogens is 491 g/mol. The molecule has 0 atom stereocenters. The lowest BCUT2D eigenvalue weighted by Crippen LogP contribution is -2.48. The van der Waals surface area contributed by atoms with Crippen molar-refractivity contribution in [3.8, 4) is 0 Å². The van der Waals surface area contributed by atoms with Crippen LogP contribution in [0.25, 0.3) is 0 Å². The second-order valence-corrected chi connectivity index (χ2v) is 10.4. The zero-order valence-corrected chi connectivity index (χ0v) is 21.9. The highest BCUT2D eigenvalue weighted by atomic mass is 32.1. The van der Waals surface area contributed by atoms with Gasteiger partial charge in [-0.05, 0) is 36.8 Å². The number of hydrogen-bond donors (Lipinski definition) is 1. The van der Waals surface area contributed by atoms with Crippen molar-refractivity contribution in [3.63, 3.8) is 0 Å².